The average molecular weight is 504 g/mol. The summed E-state index contributed by atoms with van der Waals surface area (Å²) in [5.74, 6) is 0.0208. The Balaban J connectivity index is 1.69. The number of thiazole rings is 1. The van der Waals surface area contributed by atoms with Gasteiger partial charge in [-0.1, -0.05) is 48.0 Å². The van der Waals surface area contributed by atoms with Gasteiger partial charge >= 0.3 is 0 Å². The van der Waals surface area contributed by atoms with E-state index in [1.54, 1.807) is 0 Å². The van der Waals surface area contributed by atoms with Gasteiger partial charge in [-0.2, -0.15) is 0 Å². The molecular formula is C23H18ClNO4S3. The first kappa shape index (κ1) is 21.6. The van der Waals surface area contributed by atoms with Gasteiger partial charge in [0.25, 0.3) is 0 Å². The van der Waals surface area contributed by atoms with E-state index >= 15 is 0 Å². The minimum absolute atomic E-state index is 0.0415. The lowest BCUT2D eigenvalue weighted by Crippen LogP contribution is -2.12. The van der Waals surface area contributed by atoms with Crippen molar-refractivity contribution in [3.05, 3.63) is 71.8 Å². The fourth-order valence-electron chi connectivity index (χ4n) is 3.50. The molecule has 1 fully saturated rings. The number of halogens is 1. The maximum absolute atomic E-state index is 13.4. The van der Waals surface area contributed by atoms with E-state index < -0.39 is 24.7 Å². The summed E-state index contributed by atoms with van der Waals surface area (Å²) < 4.78 is 53.0. The molecule has 1 aliphatic rings. The van der Waals surface area contributed by atoms with Gasteiger partial charge in [0.15, 0.2) is 19.1 Å². The van der Waals surface area contributed by atoms with Crippen molar-refractivity contribution < 1.29 is 16.8 Å². The van der Waals surface area contributed by atoms with Gasteiger partial charge in [0, 0.05) is 10.6 Å². The van der Waals surface area contributed by atoms with Crippen LogP contribution in [0.15, 0.2) is 80.9 Å². The number of benzene rings is 3. The highest BCUT2D eigenvalue weighted by Gasteiger charge is 2.37. The number of fused-ring (bicyclic) bond motifs is 1. The normalized spacial score (nSPS) is 14.7. The molecule has 1 heterocycles. The molecule has 0 unspecified atom stereocenters. The molecule has 32 heavy (non-hydrogen) atoms. The van der Waals surface area contributed by atoms with Crippen LogP contribution in [0.3, 0.4) is 0 Å². The third-order valence-corrected chi connectivity index (χ3v) is 11.2. The van der Waals surface area contributed by atoms with Crippen LogP contribution in [0.4, 0.5) is 0 Å². The number of rotatable bonds is 6. The quantitative estimate of drug-likeness (QED) is 0.340. The van der Waals surface area contributed by atoms with Crippen molar-refractivity contribution in [1.82, 2.24) is 4.98 Å². The Morgan fingerprint density at radius 1 is 0.906 bits per heavy atom. The molecule has 164 valence electrons. The van der Waals surface area contributed by atoms with Gasteiger partial charge in [-0.25, -0.2) is 21.8 Å². The van der Waals surface area contributed by atoms with Gasteiger partial charge < -0.3 is 0 Å². The van der Waals surface area contributed by atoms with Gasteiger partial charge in [-0.05, 0) is 59.9 Å². The maximum atomic E-state index is 13.4. The third-order valence-electron chi connectivity index (χ3n) is 5.38. The van der Waals surface area contributed by atoms with E-state index in [1.165, 1.54) is 24.3 Å². The first-order valence-electron chi connectivity index (χ1n) is 9.97. The molecule has 9 heteroatoms. The number of hydrogen-bond acceptors (Lipinski definition) is 6. The van der Waals surface area contributed by atoms with Crippen LogP contribution >= 0.6 is 22.9 Å². The van der Waals surface area contributed by atoms with Gasteiger partial charge in [0.05, 0.1) is 10.6 Å². The smallest absolute Gasteiger partial charge is 0.223 e. The van der Waals surface area contributed by atoms with E-state index in [0.29, 0.717) is 15.6 Å². The summed E-state index contributed by atoms with van der Waals surface area (Å²) in [7, 11) is -7.96. The molecule has 3 aromatic carbocycles. The van der Waals surface area contributed by atoms with Crippen molar-refractivity contribution in [2.45, 2.75) is 27.0 Å². The molecule has 1 aliphatic carbocycles. The molecule has 0 N–H and O–H groups in total. The van der Waals surface area contributed by atoms with Crippen LogP contribution in [0, 0.1) is 5.92 Å². The van der Waals surface area contributed by atoms with Crippen molar-refractivity contribution in [1.29, 1.82) is 0 Å². The standard InChI is InChI=1S/C23H18ClNO4S3/c24-19-9-11-20(12-10-19)32(28,29)22-23(31(26,27)14-15-5-6-15)30-21(25-22)18-8-7-16-3-1-2-4-17(16)13-18/h1-4,7-13,15H,5-6,14H2. The van der Waals surface area contributed by atoms with E-state index in [9.17, 15) is 16.8 Å². The summed E-state index contributed by atoms with van der Waals surface area (Å²) in [4.78, 5) is 4.33. The van der Waals surface area contributed by atoms with E-state index in [1.807, 2.05) is 42.5 Å². The molecular weight excluding hydrogens is 486 g/mol. The van der Waals surface area contributed by atoms with Crippen molar-refractivity contribution in [2.24, 2.45) is 5.92 Å². The highest BCUT2D eigenvalue weighted by molar-refractivity contribution is 7.96. The summed E-state index contributed by atoms with van der Waals surface area (Å²) in [6, 6.07) is 19.1. The molecule has 0 atom stereocenters. The predicted molar refractivity (Wildman–Crippen MR) is 127 cm³/mol. The zero-order valence-corrected chi connectivity index (χ0v) is 19.9. The van der Waals surface area contributed by atoms with Crippen LogP contribution in [0.2, 0.25) is 5.02 Å². The molecule has 0 aliphatic heterocycles. The molecule has 4 aromatic rings. The summed E-state index contributed by atoms with van der Waals surface area (Å²) in [5.41, 5.74) is 0.675. The summed E-state index contributed by atoms with van der Waals surface area (Å²) >= 11 is 6.82. The molecule has 5 nitrogen and oxygen atoms in total. The lowest BCUT2D eigenvalue weighted by atomic mass is 10.1. The molecule has 1 aromatic heterocycles. The van der Waals surface area contributed by atoms with Crippen LogP contribution in [0.5, 0.6) is 0 Å². The Labute approximate surface area is 195 Å². The zero-order chi connectivity index (χ0) is 22.5. The number of nitrogens with zero attached hydrogens (tertiary/aromatic N) is 1. The second kappa shape index (κ2) is 7.95. The van der Waals surface area contributed by atoms with Crippen LogP contribution in [0.1, 0.15) is 12.8 Å². The molecule has 5 rings (SSSR count). The van der Waals surface area contributed by atoms with Gasteiger partial charge in [-0.15, -0.1) is 11.3 Å². The highest BCUT2D eigenvalue weighted by atomic mass is 35.5. The Hall–Kier alpha value is -2.26. The molecule has 1 saturated carbocycles. The Kier molecular flexibility index (Phi) is 5.36. The van der Waals surface area contributed by atoms with Crippen molar-refractivity contribution in [3.8, 4) is 10.6 Å². The Morgan fingerprint density at radius 3 is 2.28 bits per heavy atom. The summed E-state index contributed by atoms with van der Waals surface area (Å²) in [5, 5.41) is 2.33. The van der Waals surface area contributed by atoms with E-state index in [-0.39, 0.29) is 20.8 Å². The van der Waals surface area contributed by atoms with Crippen LogP contribution in [-0.2, 0) is 19.7 Å². The zero-order valence-electron chi connectivity index (χ0n) is 16.7. The third kappa shape index (κ3) is 4.08. The minimum atomic E-state index is -4.15. The van der Waals surface area contributed by atoms with Crippen LogP contribution < -0.4 is 0 Å². The number of hydrogen-bond donors (Lipinski definition) is 0. The molecule has 0 radical (unpaired) electrons. The van der Waals surface area contributed by atoms with Crippen LogP contribution in [0.25, 0.3) is 21.3 Å². The summed E-state index contributed by atoms with van der Waals surface area (Å²) in [6.45, 7) is 0. The van der Waals surface area contributed by atoms with Gasteiger partial charge in [0.2, 0.25) is 9.84 Å². The largest absolute Gasteiger partial charge is 0.226 e. The van der Waals surface area contributed by atoms with Crippen LogP contribution in [-0.4, -0.2) is 27.6 Å². The van der Waals surface area contributed by atoms with E-state index in [2.05, 4.69) is 4.98 Å². The minimum Gasteiger partial charge on any atom is -0.223 e. The monoisotopic (exact) mass is 503 g/mol. The fraction of sp³-hybridized carbons (Fsp3) is 0.174. The van der Waals surface area contributed by atoms with Crippen molar-refractivity contribution in [3.63, 3.8) is 0 Å². The lowest BCUT2D eigenvalue weighted by Gasteiger charge is -2.06. The first-order chi connectivity index (χ1) is 15.2. The van der Waals surface area contributed by atoms with Gasteiger partial charge in [-0.3, -0.25) is 0 Å². The number of aromatic nitrogens is 1. The Morgan fingerprint density at radius 2 is 1.59 bits per heavy atom. The van der Waals surface area contributed by atoms with Crippen molar-refractivity contribution in [2.75, 3.05) is 5.75 Å². The average Bonchev–Trinajstić information content (AvgIpc) is 3.44. The lowest BCUT2D eigenvalue weighted by molar-refractivity contribution is 0.580. The highest BCUT2D eigenvalue weighted by Crippen LogP contribution is 2.40. The van der Waals surface area contributed by atoms with E-state index in [0.717, 1.165) is 35.0 Å². The topological polar surface area (TPSA) is 81.2 Å². The molecule has 0 saturated heterocycles. The van der Waals surface area contributed by atoms with E-state index in [4.69, 9.17) is 11.6 Å². The fourth-order valence-corrected chi connectivity index (χ4v) is 9.05. The SMILES string of the molecule is O=S(=O)(CC1CC1)c1sc(-c2ccc3ccccc3c2)nc1S(=O)(=O)c1ccc(Cl)cc1. The molecule has 0 spiro atoms. The number of sulfone groups is 2. The molecule has 0 bridgehead atoms. The van der Waals surface area contributed by atoms with Crippen molar-refractivity contribution >= 4 is 53.4 Å². The second-order valence-electron chi connectivity index (χ2n) is 7.86. The Bertz CT molecular complexity index is 1540. The van der Waals surface area contributed by atoms with Gasteiger partial charge in [0.1, 0.15) is 5.01 Å². The first-order valence-corrected chi connectivity index (χ1v) is 14.3. The maximum Gasteiger partial charge on any atom is 0.226 e. The second-order valence-corrected chi connectivity index (χ2v) is 13.4. The predicted octanol–water partition coefficient (Wildman–Crippen LogP) is 5.63. The molecule has 0 amide bonds. The summed E-state index contributed by atoms with van der Waals surface area (Å²) in [6.07, 6.45) is 1.68.